The minimum Gasteiger partial charge on any atom is -0.497 e. The molecule has 2 aromatic carbocycles. The summed E-state index contributed by atoms with van der Waals surface area (Å²) in [5, 5.41) is 15.9. The van der Waals surface area contributed by atoms with Crippen molar-refractivity contribution in [2.45, 2.75) is 4.34 Å². The Labute approximate surface area is 164 Å². The maximum atomic E-state index is 11.9. The van der Waals surface area contributed by atoms with Gasteiger partial charge in [0.15, 0.2) is 4.34 Å². The molecule has 138 valence electrons. The fraction of sp³-hybridized carbons (Fsp3) is 0.111. The number of nitrogens with one attached hydrogen (secondary N) is 2. The zero-order valence-corrected chi connectivity index (χ0v) is 16.1. The first-order chi connectivity index (χ1) is 13.2. The second kappa shape index (κ2) is 9.70. The summed E-state index contributed by atoms with van der Waals surface area (Å²) in [7, 11) is 1.61. The van der Waals surface area contributed by atoms with Gasteiger partial charge in [-0.05, 0) is 42.0 Å². The summed E-state index contributed by atoms with van der Waals surface area (Å²) in [6.07, 6.45) is 1.58. The van der Waals surface area contributed by atoms with E-state index in [4.69, 9.17) is 4.74 Å². The fourth-order valence-electron chi connectivity index (χ4n) is 1.99. The molecule has 0 unspecified atom stereocenters. The Morgan fingerprint density at radius 2 is 1.96 bits per heavy atom. The molecule has 0 aliphatic heterocycles. The Morgan fingerprint density at radius 3 is 2.70 bits per heavy atom. The predicted molar refractivity (Wildman–Crippen MR) is 109 cm³/mol. The van der Waals surface area contributed by atoms with E-state index in [2.05, 4.69) is 26.0 Å². The van der Waals surface area contributed by atoms with Crippen LogP contribution in [0.3, 0.4) is 0 Å². The first-order valence-corrected chi connectivity index (χ1v) is 9.77. The molecule has 7 nitrogen and oxygen atoms in total. The number of hydrogen-bond donors (Lipinski definition) is 2. The summed E-state index contributed by atoms with van der Waals surface area (Å²) in [6.45, 7) is 0. The van der Waals surface area contributed by atoms with Crippen molar-refractivity contribution in [1.82, 2.24) is 15.6 Å². The number of thioether (sulfide) groups is 1. The average Bonchev–Trinajstić information content (AvgIpc) is 3.15. The van der Waals surface area contributed by atoms with Crippen LogP contribution in [0.2, 0.25) is 0 Å². The summed E-state index contributed by atoms with van der Waals surface area (Å²) in [5.74, 6) is 0.767. The minimum atomic E-state index is -0.211. The van der Waals surface area contributed by atoms with E-state index in [0.29, 0.717) is 9.47 Å². The molecule has 3 rings (SSSR count). The van der Waals surface area contributed by atoms with Crippen LogP contribution in [-0.2, 0) is 4.79 Å². The van der Waals surface area contributed by atoms with E-state index in [0.717, 1.165) is 17.0 Å². The third-order valence-corrected chi connectivity index (χ3v) is 5.25. The Balaban J connectivity index is 1.43. The largest absolute Gasteiger partial charge is 0.497 e. The maximum absolute atomic E-state index is 11.9. The lowest BCUT2D eigenvalue weighted by atomic mass is 10.2. The lowest BCUT2D eigenvalue weighted by molar-refractivity contribution is -0.118. The molecule has 0 aliphatic carbocycles. The van der Waals surface area contributed by atoms with Crippen LogP contribution in [0.1, 0.15) is 5.56 Å². The van der Waals surface area contributed by atoms with Crippen LogP contribution in [0.25, 0.3) is 0 Å². The van der Waals surface area contributed by atoms with Crippen molar-refractivity contribution >= 4 is 46.0 Å². The minimum absolute atomic E-state index is 0.208. The van der Waals surface area contributed by atoms with Crippen LogP contribution in [0.4, 0.5) is 10.8 Å². The molecule has 3 aromatic rings. The smallest absolute Gasteiger partial charge is 0.250 e. The van der Waals surface area contributed by atoms with Gasteiger partial charge in [0.25, 0.3) is 5.91 Å². The van der Waals surface area contributed by atoms with Crippen molar-refractivity contribution in [1.29, 1.82) is 0 Å². The van der Waals surface area contributed by atoms with Gasteiger partial charge in [-0.2, -0.15) is 5.10 Å². The molecule has 1 amide bonds. The molecule has 2 N–H and O–H groups in total. The number of hydrogen-bond acceptors (Lipinski definition) is 8. The second-order valence-electron chi connectivity index (χ2n) is 5.22. The van der Waals surface area contributed by atoms with Gasteiger partial charge in [0.05, 0.1) is 19.1 Å². The molecular weight excluding hydrogens is 382 g/mol. The molecule has 0 aliphatic rings. The van der Waals surface area contributed by atoms with Crippen molar-refractivity contribution in [2.75, 3.05) is 18.2 Å². The summed E-state index contributed by atoms with van der Waals surface area (Å²) in [5.41, 5.74) is 4.30. The van der Waals surface area contributed by atoms with Crippen molar-refractivity contribution in [3.63, 3.8) is 0 Å². The van der Waals surface area contributed by atoms with Gasteiger partial charge in [0.2, 0.25) is 5.13 Å². The summed E-state index contributed by atoms with van der Waals surface area (Å²) in [4.78, 5) is 11.9. The second-order valence-corrected chi connectivity index (χ2v) is 7.42. The van der Waals surface area contributed by atoms with Gasteiger partial charge in [0, 0.05) is 5.69 Å². The van der Waals surface area contributed by atoms with Crippen LogP contribution in [-0.4, -0.2) is 35.2 Å². The normalized spacial score (nSPS) is 10.7. The number of hydrazone groups is 1. The van der Waals surface area contributed by atoms with E-state index in [1.807, 2.05) is 54.6 Å². The van der Waals surface area contributed by atoms with Gasteiger partial charge < -0.3 is 10.1 Å². The number of amides is 1. The van der Waals surface area contributed by atoms with Crippen LogP contribution >= 0.6 is 23.1 Å². The van der Waals surface area contributed by atoms with Crippen LogP contribution in [0.5, 0.6) is 5.75 Å². The van der Waals surface area contributed by atoms with E-state index in [9.17, 15) is 4.79 Å². The van der Waals surface area contributed by atoms with Gasteiger partial charge in [-0.3, -0.25) is 4.79 Å². The average molecular weight is 400 g/mol. The molecule has 0 spiro atoms. The number of benzene rings is 2. The lowest BCUT2D eigenvalue weighted by Gasteiger charge is -2.00. The topological polar surface area (TPSA) is 88.5 Å². The van der Waals surface area contributed by atoms with Gasteiger partial charge in [-0.1, -0.05) is 41.3 Å². The maximum Gasteiger partial charge on any atom is 0.250 e. The van der Waals surface area contributed by atoms with Gasteiger partial charge in [0.1, 0.15) is 5.75 Å². The third kappa shape index (κ3) is 6.08. The van der Waals surface area contributed by atoms with E-state index in [1.54, 1.807) is 13.3 Å². The van der Waals surface area contributed by atoms with Crippen molar-refractivity contribution in [2.24, 2.45) is 5.10 Å². The number of ether oxygens (including phenoxy) is 1. The molecule has 0 radical (unpaired) electrons. The molecule has 1 aromatic heterocycles. The van der Waals surface area contributed by atoms with E-state index < -0.39 is 0 Å². The molecule has 0 bridgehead atoms. The van der Waals surface area contributed by atoms with Gasteiger partial charge >= 0.3 is 0 Å². The van der Waals surface area contributed by atoms with Gasteiger partial charge in [-0.15, -0.1) is 10.2 Å². The van der Waals surface area contributed by atoms with Crippen molar-refractivity contribution < 1.29 is 9.53 Å². The SMILES string of the molecule is COc1ccc(/C=N/NC(=O)CSc2nnc(Nc3ccccc3)s2)cc1. The zero-order valence-electron chi connectivity index (χ0n) is 14.5. The van der Waals surface area contributed by atoms with E-state index >= 15 is 0 Å². The highest BCUT2D eigenvalue weighted by atomic mass is 32.2. The number of para-hydroxylation sites is 1. The Morgan fingerprint density at radius 1 is 1.19 bits per heavy atom. The van der Waals surface area contributed by atoms with Crippen molar-refractivity contribution in [3.8, 4) is 5.75 Å². The van der Waals surface area contributed by atoms with Crippen LogP contribution < -0.4 is 15.5 Å². The number of carbonyl (C=O) groups is 1. The molecule has 9 heteroatoms. The van der Waals surface area contributed by atoms with E-state index in [-0.39, 0.29) is 11.7 Å². The number of methoxy groups -OCH3 is 1. The molecule has 0 atom stereocenters. The Kier molecular flexibility index (Phi) is 6.78. The monoisotopic (exact) mass is 399 g/mol. The van der Waals surface area contributed by atoms with Gasteiger partial charge in [-0.25, -0.2) is 5.43 Å². The lowest BCUT2D eigenvalue weighted by Crippen LogP contribution is -2.19. The highest BCUT2D eigenvalue weighted by Crippen LogP contribution is 2.27. The number of aromatic nitrogens is 2. The Hall–Kier alpha value is -2.91. The molecule has 27 heavy (non-hydrogen) atoms. The highest BCUT2D eigenvalue weighted by Gasteiger charge is 2.08. The molecule has 0 fully saturated rings. The van der Waals surface area contributed by atoms with E-state index in [1.165, 1.54) is 23.1 Å². The predicted octanol–water partition coefficient (Wildman–Crippen LogP) is 3.53. The first-order valence-electron chi connectivity index (χ1n) is 7.97. The number of carbonyl (C=O) groups excluding carboxylic acids is 1. The quantitative estimate of drug-likeness (QED) is 0.342. The fourth-order valence-corrected chi connectivity index (χ4v) is 3.56. The Bertz CT molecular complexity index is 898. The number of anilines is 2. The third-order valence-electron chi connectivity index (χ3n) is 3.28. The molecular formula is C18H17N5O2S2. The molecule has 1 heterocycles. The molecule has 0 saturated carbocycles. The summed E-state index contributed by atoms with van der Waals surface area (Å²) < 4.78 is 5.80. The highest BCUT2D eigenvalue weighted by molar-refractivity contribution is 8.01. The summed E-state index contributed by atoms with van der Waals surface area (Å²) >= 11 is 2.71. The summed E-state index contributed by atoms with van der Waals surface area (Å²) in [6, 6.07) is 17.1. The van der Waals surface area contributed by atoms with Crippen molar-refractivity contribution in [3.05, 3.63) is 60.2 Å². The molecule has 0 saturated heterocycles. The number of nitrogens with zero attached hydrogens (tertiary/aromatic N) is 3. The zero-order chi connectivity index (χ0) is 18.9. The standard InChI is InChI=1S/C18H17N5O2S2/c1-25-15-9-7-13(8-10-15)11-19-21-16(24)12-26-18-23-22-17(27-18)20-14-5-3-2-4-6-14/h2-11H,12H2,1H3,(H,20,22)(H,21,24)/b19-11+. The van der Waals surface area contributed by atoms with Crippen LogP contribution in [0.15, 0.2) is 64.0 Å². The number of rotatable bonds is 8. The first kappa shape index (κ1) is 18.9. The van der Waals surface area contributed by atoms with Crippen LogP contribution in [0, 0.1) is 0 Å².